The minimum atomic E-state index is -1.04. The first-order valence-electron chi connectivity index (χ1n) is 7.15. The van der Waals surface area contributed by atoms with Gasteiger partial charge in [-0.3, -0.25) is 4.79 Å². The van der Waals surface area contributed by atoms with E-state index in [-0.39, 0.29) is 24.5 Å². The van der Waals surface area contributed by atoms with E-state index in [1.54, 1.807) is 6.92 Å². The molecule has 1 aromatic rings. The van der Waals surface area contributed by atoms with Crippen LogP contribution in [0.4, 0.5) is 0 Å². The van der Waals surface area contributed by atoms with E-state index >= 15 is 0 Å². The van der Waals surface area contributed by atoms with Gasteiger partial charge in [0.2, 0.25) is 0 Å². The Balaban J connectivity index is 2.89. The van der Waals surface area contributed by atoms with Gasteiger partial charge in [0.25, 0.3) is 0 Å². The van der Waals surface area contributed by atoms with Crippen LogP contribution >= 0.6 is 0 Å². The largest absolute Gasteiger partial charge is 0.481 e. The fourth-order valence-electron chi connectivity index (χ4n) is 1.83. The number of aryl methyl sites for hydroxylation is 1. The number of esters is 1. The number of hydrogen-bond donors (Lipinski definition) is 1. The number of carbonyl (C=O) groups excluding carboxylic acids is 1. The third-order valence-corrected chi connectivity index (χ3v) is 2.83. The minimum Gasteiger partial charge on any atom is -0.481 e. The fourth-order valence-corrected chi connectivity index (χ4v) is 1.83. The van der Waals surface area contributed by atoms with Gasteiger partial charge in [-0.1, -0.05) is 18.7 Å². The van der Waals surface area contributed by atoms with E-state index in [2.05, 4.69) is 17.5 Å². The molecule has 0 fully saturated rings. The molecule has 1 heterocycles. The van der Waals surface area contributed by atoms with Gasteiger partial charge in [0, 0.05) is 10.9 Å². The van der Waals surface area contributed by atoms with Crippen LogP contribution in [0.5, 0.6) is 0 Å². The van der Waals surface area contributed by atoms with Crippen molar-refractivity contribution in [3.05, 3.63) is 40.7 Å². The van der Waals surface area contributed by atoms with E-state index in [0.717, 1.165) is 10.9 Å². The highest BCUT2D eigenvalue weighted by Gasteiger charge is 2.14. The van der Waals surface area contributed by atoms with Crippen LogP contribution in [0.15, 0.2) is 24.5 Å². The lowest BCUT2D eigenvalue weighted by molar-refractivity contribution is -0.142. The number of nitrogens with zero attached hydrogens (tertiary/aromatic N) is 1. The number of allylic oxidation sites excluding steroid dienone is 1. The monoisotopic (exact) mass is 315 g/mol. The van der Waals surface area contributed by atoms with Crippen molar-refractivity contribution in [1.29, 1.82) is 0 Å². The Labute approximate surface area is 136 Å². The smallest absolute Gasteiger partial charge is 0.313 e. The Morgan fingerprint density at radius 2 is 2.26 bits per heavy atom. The van der Waals surface area contributed by atoms with E-state index in [0.29, 0.717) is 5.35 Å². The molecule has 0 aliphatic rings. The van der Waals surface area contributed by atoms with Gasteiger partial charge in [0.15, 0.2) is 5.76 Å². The Bertz CT molecular complexity index is 743. The summed E-state index contributed by atoms with van der Waals surface area (Å²) < 4.78 is 10.2. The molecule has 1 unspecified atom stereocenters. The summed E-state index contributed by atoms with van der Waals surface area (Å²) in [6.07, 6.45) is 6.10. The summed E-state index contributed by atoms with van der Waals surface area (Å²) in [6, 6.07) is 3.76. The van der Waals surface area contributed by atoms with Gasteiger partial charge in [-0.25, -0.2) is 4.98 Å². The van der Waals surface area contributed by atoms with E-state index in [4.69, 9.17) is 15.9 Å². The normalized spacial score (nSPS) is 13.8. The van der Waals surface area contributed by atoms with Gasteiger partial charge in [0.05, 0.1) is 18.3 Å². The molecule has 5 heteroatoms. The second-order valence-electron chi connectivity index (χ2n) is 5.00. The molecule has 1 aromatic heterocycles. The minimum absolute atomic E-state index is 0.135. The fraction of sp³-hybridized carbons (Fsp3) is 0.333. The van der Waals surface area contributed by atoms with Crippen LogP contribution in [-0.2, 0) is 14.3 Å². The third-order valence-electron chi connectivity index (χ3n) is 2.83. The van der Waals surface area contributed by atoms with E-state index < -0.39 is 12.1 Å². The summed E-state index contributed by atoms with van der Waals surface area (Å²) in [5.74, 6) is 2.34. The quantitative estimate of drug-likeness (QED) is 0.477. The predicted molar refractivity (Wildman–Crippen MR) is 88.1 cm³/mol. The number of aliphatic hydroxyl groups is 1. The van der Waals surface area contributed by atoms with Crippen LogP contribution in [0.25, 0.3) is 11.8 Å². The lowest BCUT2D eigenvalue weighted by Gasteiger charge is -2.11. The molecule has 0 aliphatic heterocycles. The average Bonchev–Trinajstić information content (AvgIpc) is 2.47. The Hall–Kier alpha value is -2.58. The SMILES string of the molecule is C#C/C(OCC(O)CC(=O)OC(=C)C)=c1/nc(C)cc/c1=C/C. The molecule has 1 rings (SSSR count). The Morgan fingerprint density at radius 3 is 2.83 bits per heavy atom. The van der Waals surface area contributed by atoms with Crippen molar-refractivity contribution in [1.82, 2.24) is 4.98 Å². The first kappa shape index (κ1) is 18.5. The van der Waals surface area contributed by atoms with Crippen molar-refractivity contribution in [2.45, 2.75) is 33.3 Å². The Kier molecular flexibility index (Phi) is 7.04. The number of aliphatic hydroxyl groups excluding tert-OH is 1. The number of rotatable bonds is 6. The lowest BCUT2D eigenvalue weighted by Crippen LogP contribution is -2.32. The van der Waals surface area contributed by atoms with Gasteiger partial charge in [0.1, 0.15) is 12.0 Å². The number of pyridine rings is 1. The number of aromatic nitrogens is 1. The molecule has 0 bridgehead atoms. The lowest BCUT2D eigenvalue weighted by atomic mass is 10.2. The van der Waals surface area contributed by atoms with Crippen LogP contribution in [0.3, 0.4) is 0 Å². The molecule has 1 atom stereocenters. The topological polar surface area (TPSA) is 68.7 Å². The number of hydrogen-bond acceptors (Lipinski definition) is 5. The van der Waals surface area contributed by atoms with Crippen molar-refractivity contribution >= 4 is 17.8 Å². The highest BCUT2D eigenvalue weighted by molar-refractivity contribution is 5.71. The van der Waals surface area contributed by atoms with Crippen molar-refractivity contribution in [2.24, 2.45) is 0 Å². The molecule has 0 aromatic carbocycles. The molecular formula is C18H21NO4. The predicted octanol–water partition coefficient (Wildman–Crippen LogP) is 0.776. The van der Waals surface area contributed by atoms with Gasteiger partial charge in [-0.15, -0.1) is 6.42 Å². The molecule has 0 saturated carbocycles. The van der Waals surface area contributed by atoms with Crippen LogP contribution in [0, 0.1) is 19.3 Å². The van der Waals surface area contributed by atoms with Crippen LogP contribution in [-0.4, -0.2) is 28.8 Å². The maximum absolute atomic E-state index is 11.4. The summed E-state index contributed by atoms with van der Waals surface area (Å²) in [7, 11) is 0. The molecule has 5 nitrogen and oxygen atoms in total. The van der Waals surface area contributed by atoms with Crippen LogP contribution in [0.2, 0.25) is 0 Å². The van der Waals surface area contributed by atoms with Gasteiger partial charge < -0.3 is 14.6 Å². The maximum atomic E-state index is 11.4. The number of carbonyl (C=O) groups is 1. The van der Waals surface area contributed by atoms with Crippen molar-refractivity contribution in [3.8, 4) is 12.3 Å². The van der Waals surface area contributed by atoms with E-state index in [1.807, 2.05) is 32.1 Å². The highest BCUT2D eigenvalue weighted by atomic mass is 16.5. The number of terminal acetylenes is 1. The summed E-state index contributed by atoms with van der Waals surface area (Å²) in [5.41, 5.74) is 0.799. The molecule has 0 amide bonds. The zero-order chi connectivity index (χ0) is 17.4. The van der Waals surface area contributed by atoms with E-state index in [1.165, 1.54) is 0 Å². The summed E-state index contributed by atoms with van der Waals surface area (Å²) >= 11 is 0. The zero-order valence-corrected chi connectivity index (χ0v) is 13.6. The standard InChI is InChI=1S/C18H21NO4/c1-6-14-9-8-13(5)19-18(14)16(7-2)22-11-15(20)10-17(21)23-12(3)4/h2,6,8-9,15,20H,3,10-11H2,1,4-5H3/b14-6-,18-16-. The van der Waals surface area contributed by atoms with Gasteiger partial charge in [-0.05, 0) is 32.8 Å². The van der Waals surface area contributed by atoms with Crippen LogP contribution < -0.4 is 10.6 Å². The second-order valence-corrected chi connectivity index (χ2v) is 5.00. The molecule has 122 valence electrons. The molecule has 0 radical (unpaired) electrons. The molecule has 1 N–H and O–H groups in total. The summed E-state index contributed by atoms with van der Waals surface area (Å²) in [5, 5.41) is 11.2. The van der Waals surface area contributed by atoms with Gasteiger partial charge >= 0.3 is 5.97 Å². The second kappa shape index (κ2) is 8.76. The molecule has 0 aliphatic carbocycles. The van der Waals surface area contributed by atoms with Crippen molar-refractivity contribution in [2.75, 3.05) is 6.61 Å². The molecule has 23 heavy (non-hydrogen) atoms. The van der Waals surface area contributed by atoms with Gasteiger partial charge in [-0.2, -0.15) is 0 Å². The molecule has 0 spiro atoms. The summed E-state index contributed by atoms with van der Waals surface area (Å²) in [6.45, 7) is 8.59. The third kappa shape index (κ3) is 5.97. The van der Waals surface area contributed by atoms with Crippen molar-refractivity contribution in [3.63, 3.8) is 0 Å². The van der Waals surface area contributed by atoms with Crippen molar-refractivity contribution < 1.29 is 19.4 Å². The molecular weight excluding hydrogens is 294 g/mol. The zero-order valence-electron chi connectivity index (χ0n) is 13.6. The van der Waals surface area contributed by atoms with E-state index in [9.17, 15) is 9.90 Å². The first-order valence-corrected chi connectivity index (χ1v) is 7.15. The maximum Gasteiger partial charge on any atom is 0.313 e. The first-order chi connectivity index (χ1) is 10.9. The van der Waals surface area contributed by atoms with Crippen LogP contribution in [0.1, 0.15) is 26.0 Å². The Morgan fingerprint density at radius 1 is 1.57 bits per heavy atom. The average molecular weight is 315 g/mol. The highest BCUT2D eigenvalue weighted by Crippen LogP contribution is 2.02. The summed E-state index contributed by atoms with van der Waals surface area (Å²) in [4.78, 5) is 15.8. The number of ether oxygens (including phenoxy) is 2. The molecule has 0 saturated heterocycles.